The number of aromatic nitrogens is 3. The summed E-state index contributed by atoms with van der Waals surface area (Å²) >= 11 is 0. The van der Waals surface area contributed by atoms with Crippen molar-refractivity contribution in [2.24, 2.45) is 7.05 Å². The van der Waals surface area contributed by atoms with Gasteiger partial charge in [0.15, 0.2) is 17.5 Å². The van der Waals surface area contributed by atoms with Crippen LogP contribution in [-0.4, -0.2) is 14.8 Å². The minimum absolute atomic E-state index is 0.242. The topological polar surface area (TPSA) is 42.7 Å². The predicted molar refractivity (Wildman–Crippen MR) is 64.0 cm³/mol. The lowest BCUT2D eigenvalue weighted by molar-refractivity contribution is 0.466. The van der Waals surface area contributed by atoms with E-state index in [-0.39, 0.29) is 12.4 Å². The smallest absolute Gasteiger partial charge is 0.251 e. The molecule has 19 heavy (non-hydrogen) atoms. The molecule has 2 aromatic rings. The van der Waals surface area contributed by atoms with Crippen LogP contribution >= 0.6 is 0 Å². The summed E-state index contributed by atoms with van der Waals surface area (Å²) in [7, 11) is 1.78. The van der Waals surface area contributed by atoms with Crippen LogP contribution in [0.1, 0.15) is 18.2 Å². The molecule has 4 nitrogen and oxygen atoms in total. The summed E-state index contributed by atoms with van der Waals surface area (Å²) in [6.45, 7) is 2.19. The average molecular weight is 270 g/mol. The van der Waals surface area contributed by atoms with Crippen LogP contribution in [0.15, 0.2) is 12.3 Å². The summed E-state index contributed by atoms with van der Waals surface area (Å²) in [5.41, 5.74) is 1.72. The number of nitrogens with one attached hydrogen (secondary N) is 1. The van der Waals surface area contributed by atoms with Crippen LogP contribution < -0.4 is 5.32 Å². The molecule has 0 aromatic carbocycles. The maximum Gasteiger partial charge on any atom is 0.251 e. The van der Waals surface area contributed by atoms with Gasteiger partial charge in [0.05, 0.1) is 5.69 Å². The SMILES string of the molecule is CCc1nn(C)cc1CNc1nc(F)c(F)cc1F. The van der Waals surface area contributed by atoms with E-state index in [2.05, 4.69) is 15.4 Å². The third kappa shape index (κ3) is 2.86. The van der Waals surface area contributed by atoms with Gasteiger partial charge in [-0.25, -0.2) is 8.78 Å². The van der Waals surface area contributed by atoms with Crippen LogP contribution in [-0.2, 0) is 20.0 Å². The molecule has 2 rings (SSSR count). The third-order valence-electron chi connectivity index (χ3n) is 2.66. The molecular formula is C12H13F3N4. The highest BCUT2D eigenvalue weighted by atomic mass is 19.2. The largest absolute Gasteiger partial charge is 0.363 e. The highest BCUT2D eigenvalue weighted by molar-refractivity contribution is 5.37. The van der Waals surface area contributed by atoms with Gasteiger partial charge in [-0.15, -0.1) is 0 Å². The van der Waals surface area contributed by atoms with Crippen molar-refractivity contribution in [1.29, 1.82) is 0 Å². The molecule has 102 valence electrons. The Labute approximate surface area is 108 Å². The van der Waals surface area contributed by atoms with Crippen molar-refractivity contribution in [2.75, 3.05) is 5.32 Å². The molecule has 2 aromatic heterocycles. The highest BCUT2D eigenvalue weighted by Gasteiger charge is 2.12. The van der Waals surface area contributed by atoms with E-state index < -0.39 is 17.6 Å². The Morgan fingerprint density at radius 3 is 2.68 bits per heavy atom. The first-order valence-electron chi connectivity index (χ1n) is 5.78. The van der Waals surface area contributed by atoms with Crippen LogP contribution in [0.5, 0.6) is 0 Å². The second-order valence-corrected chi connectivity index (χ2v) is 4.07. The fourth-order valence-corrected chi connectivity index (χ4v) is 1.78. The number of halogens is 3. The van der Waals surface area contributed by atoms with E-state index in [0.717, 1.165) is 17.7 Å². The van der Waals surface area contributed by atoms with Crippen LogP contribution in [0.2, 0.25) is 0 Å². The molecule has 0 fully saturated rings. The maximum absolute atomic E-state index is 13.4. The molecule has 0 atom stereocenters. The van der Waals surface area contributed by atoms with Crippen molar-refractivity contribution in [3.8, 4) is 0 Å². The second kappa shape index (κ2) is 5.29. The minimum atomic E-state index is -1.33. The molecule has 0 unspecified atom stereocenters. The van der Waals surface area contributed by atoms with Gasteiger partial charge < -0.3 is 5.32 Å². The molecule has 0 spiro atoms. The minimum Gasteiger partial charge on any atom is -0.363 e. The van der Waals surface area contributed by atoms with Crippen LogP contribution in [0.4, 0.5) is 19.0 Å². The standard InChI is InChI=1S/C12H13F3N4/c1-3-10-7(6-19(2)18-10)5-16-12-9(14)4-8(13)11(15)17-12/h4,6H,3,5H2,1-2H3,(H,16,17). The molecule has 2 heterocycles. The van der Waals surface area contributed by atoms with Gasteiger partial charge in [0.2, 0.25) is 0 Å². The normalized spacial score (nSPS) is 10.8. The second-order valence-electron chi connectivity index (χ2n) is 4.07. The summed E-state index contributed by atoms with van der Waals surface area (Å²) in [4.78, 5) is 3.19. The highest BCUT2D eigenvalue weighted by Crippen LogP contribution is 2.16. The number of aryl methyl sites for hydroxylation is 2. The van der Waals surface area contributed by atoms with Gasteiger partial charge in [-0.3, -0.25) is 4.68 Å². The molecule has 0 amide bonds. The summed E-state index contributed by atoms with van der Waals surface area (Å²) in [5.74, 6) is -3.88. The van der Waals surface area contributed by atoms with Gasteiger partial charge in [-0.05, 0) is 6.42 Å². The molecule has 0 aliphatic carbocycles. The molecular weight excluding hydrogens is 257 g/mol. The molecule has 0 bridgehead atoms. The number of rotatable bonds is 4. The van der Waals surface area contributed by atoms with Gasteiger partial charge in [0, 0.05) is 31.4 Å². The first kappa shape index (κ1) is 13.4. The Hall–Kier alpha value is -2.05. The third-order valence-corrected chi connectivity index (χ3v) is 2.66. The number of pyridine rings is 1. The van der Waals surface area contributed by atoms with E-state index in [0.29, 0.717) is 6.07 Å². The fourth-order valence-electron chi connectivity index (χ4n) is 1.78. The summed E-state index contributed by atoms with van der Waals surface area (Å²) in [5, 5.41) is 6.86. The van der Waals surface area contributed by atoms with E-state index in [1.54, 1.807) is 17.9 Å². The lowest BCUT2D eigenvalue weighted by Gasteiger charge is -2.06. The number of anilines is 1. The van der Waals surface area contributed by atoms with Crippen molar-refractivity contribution in [1.82, 2.24) is 14.8 Å². The van der Waals surface area contributed by atoms with E-state index in [1.807, 2.05) is 6.92 Å². The van der Waals surface area contributed by atoms with Crippen molar-refractivity contribution >= 4 is 5.82 Å². The predicted octanol–water partition coefficient (Wildman–Crippen LogP) is 2.41. The zero-order valence-electron chi connectivity index (χ0n) is 10.5. The van der Waals surface area contributed by atoms with Crippen molar-refractivity contribution in [3.05, 3.63) is 41.1 Å². The Kier molecular flexibility index (Phi) is 3.73. The number of nitrogens with zero attached hydrogens (tertiary/aromatic N) is 3. The first-order chi connectivity index (χ1) is 9.01. The first-order valence-corrected chi connectivity index (χ1v) is 5.78. The van der Waals surface area contributed by atoms with Crippen molar-refractivity contribution in [3.63, 3.8) is 0 Å². The van der Waals surface area contributed by atoms with Crippen LogP contribution in [0.25, 0.3) is 0 Å². The lowest BCUT2D eigenvalue weighted by atomic mass is 10.2. The molecule has 0 aliphatic heterocycles. The molecule has 0 radical (unpaired) electrons. The van der Waals surface area contributed by atoms with E-state index >= 15 is 0 Å². The quantitative estimate of drug-likeness (QED) is 0.867. The summed E-state index contributed by atoms with van der Waals surface area (Å²) in [6, 6.07) is 0.467. The van der Waals surface area contributed by atoms with Crippen molar-refractivity contribution < 1.29 is 13.2 Å². The molecule has 1 N–H and O–H groups in total. The van der Waals surface area contributed by atoms with Crippen LogP contribution in [0, 0.1) is 17.6 Å². The Bertz CT molecular complexity index is 595. The Morgan fingerprint density at radius 2 is 2.00 bits per heavy atom. The van der Waals surface area contributed by atoms with E-state index in [9.17, 15) is 13.2 Å². The number of hydrogen-bond acceptors (Lipinski definition) is 3. The Morgan fingerprint density at radius 1 is 1.26 bits per heavy atom. The van der Waals surface area contributed by atoms with Crippen LogP contribution in [0.3, 0.4) is 0 Å². The van der Waals surface area contributed by atoms with Gasteiger partial charge in [-0.1, -0.05) is 6.92 Å². The van der Waals surface area contributed by atoms with E-state index in [4.69, 9.17) is 0 Å². The van der Waals surface area contributed by atoms with Gasteiger partial charge in [-0.2, -0.15) is 14.5 Å². The summed E-state index contributed by atoms with van der Waals surface area (Å²) < 4.78 is 40.7. The van der Waals surface area contributed by atoms with Crippen molar-refractivity contribution in [2.45, 2.75) is 19.9 Å². The molecule has 0 saturated carbocycles. The van der Waals surface area contributed by atoms with Gasteiger partial charge in [0.1, 0.15) is 0 Å². The lowest BCUT2D eigenvalue weighted by Crippen LogP contribution is -2.07. The maximum atomic E-state index is 13.4. The monoisotopic (exact) mass is 270 g/mol. The van der Waals surface area contributed by atoms with Gasteiger partial charge in [0.25, 0.3) is 5.95 Å². The summed E-state index contributed by atoms with van der Waals surface area (Å²) in [6.07, 6.45) is 2.51. The molecule has 0 aliphatic rings. The van der Waals surface area contributed by atoms with Gasteiger partial charge >= 0.3 is 0 Å². The van der Waals surface area contributed by atoms with E-state index in [1.165, 1.54) is 0 Å². The number of hydrogen-bond donors (Lipinski definition) is 1. The molecule has 0 saturated heterocycles. The Balaban J connectivity index is 2.16. The molecule has 7 heteroatoms. The zero-order chi connectivity index (χ0) is 14.0. The average Bonchev–Trinajstić information content (AvgIpc) is 2.72. The fraction of sp³-hybridized carbons (Fsp3) is 0.333. The zero-order valence-corrected chi connectivity index (χ0v) is 10.5.